The number of carboxylic acid groups (broad SMARTS) is 1. The number of rotatable bonds is 4. The van der Waals surface area contributed by atoms with E-state index >= 15 is 0 Å². The molecule has 14 heavy (non-hydrogen) atoms. The van der Waals surface area contributed by atoms with Crippen molar-refractivity contribution in [2.45, 2.75) is 19.4 Å². The second-order valence-corrected chi connectivity index (χ2v) is 3.12. The third-order valence-corrected chi connectivity index (χ3v) is 2.08. The van der Waals surface area contributed by atoms with Gasteiger partial charge in [-0.05, 0) is 6.42 Å². The fraction of sp³-hybridized carbons (Fsp3) is 0.429. The predicted octanol–water partition coefficient (Wildman–Crippen LogP) is 0.131. The normalized spacial score (nSPS) is 12.1. The number of carbonyl (C=O) groups excluding carboxylic acids is 1. The van der Waals surface area contributed by atoms with Crippen LogP contribution in [0, 0.1) is 0 Å². The van der Waals surface area contributed by atoms with Crippen molar-refractivity contribution in [3.8, 4) is 0 Å². The van der Waals surface area contributed by atoms with Crippen LogP contribution in [0.4, 0.5) is 0 Å². The van der Waals surface area contributed by atoms with E-state index in [2.05, 4.69) is 14.1 Å². The van der Waals surface area contributed by atoms with E-state index in [-0.39, 0.29) is 5.69 Å². The van der Waals surface area contributed by atoms with Crippen molar-refractivity contribution in [2.24, 2.45) is 0 Å². The van der Waals surface area contributed by atoms with Crippen LogP contribution >= 0.6 is 11.7 Å². The highest BCUT2D eigenvalue weighted by atomic mass is 32.1. The smallest absolute Gasteiger partial charge is 0.326 e. The van der Waals surface area contributed by atoms with Gasteiger partial charge < -0.3 is 10.4 Å². The molecule has 1 rings (SSSR count). The molecule has 1 heterocycles. The zero-order valence-corrected chi connectivity index (χ0v) is 8.24. The number of nitrogens with zero attached hydrogens (tertiary/aromatic N) is 2. The fourth-order valence-corrected chi connectivity index (χ4v) is 1.25. The van der Waals surface area contributed by atoms with Crippen molar-refractivity contribution in [1.29, 1.82) is 0 Å². The first-order chi connectivity index (χ1) is 6.65. The minimum atomic E-state index is -1.05. The SMILES string of the molecule is CCC(NC(=O)c1cnsn1)C(=O)O. The topological polar surface area (TPSA) is 92.2 Å². The molecule has 7 heteroatoms. The van der Waals surface area contributed by atoms with Crippen LogP contribution in [0.1, 0.15) is 23.8 Å². The first-order valence-electron chi connectivity index (χ1n) is 3.96. The van der Waals surface area contributed by atoms with E-state index in [0.717, 1.165) is 11.7 Å². The van der Waals surface area contributed by atoms with Gasteiger partial charge in [0.25, 0.3) is 5.91 Å². The van der Waals surface area contributed by atoms with Crippen LogP contribution in [0.5, 0.6) is 0 Å². The lowest BCUT2D eigenvalue weighted by Gasteiger charge is -2.10. The maximum Gasteiger partial charge on any atom is 0.326 e. The van der Waals surface area contributed by atoms with E-state index < -0.39 is 17.9 Å². The van der Waals surface area contributed by atoms with Gasteiger partial charge in [0.05, 0.1) is 17.9 Å². The summed E-state index contributed by atoms with van der Waals surface area (Å²) in [6.07, 6.45) is 1.63. The minimum absolute atomic E-state index is 0.148. The van der Waals surface area contributed by atoms with Crippen molar-refractivity contribution in [3.63, 3.8) is 0 Å². The van der Waals surface area contributed by atoms with Crippen LogP contribution in [0.15, 0.2) is 6.20 Å². The summed E-state index contributed by atoms with van der Waals surface area (Å²) >= 11 is 0.903. The standard InChI is InChI=1S/C7H9N3O3S/c1-2-4(7(12)13)9-6(11)5-3-8-14-10-5/h3-4H,2H2,1H3,(H,9,11)(H,12,13). The Balaban J connectivity index is 2.60. The monoisotopic (exact) mass is 215 g/mol. The number of nitrogens with one attached hydrogen (secondary N) is 1. The molecule has 0 aliphatic rings. The molecule has 0 aromatic carbocycles. The predicted molar refractivity (Wildman–Crippen MR) is 49.1 cm³/mol. The van der Waals surface area contributed by atoms with Crippen molar-refractivity contribution in [2.75, 3.05) is 0 Å². The van der Waals surface area contributed by atoms with E-state index in [0.29, 0.717) is 6.42 Å². The van der Waals surface area contributed by atoms with E-state index in [4.69, 9.17) is 5.11 Å². The van der Waals surface area contributed by atoms with Crippen molar-refractivity contribution >= 4 is 23.6 Å². The van der Waals surface area contributed by atoms with Gasteiger partial charge in [-0.3, -0.25) is 4.79 Å². The second kappa shape index (κ2) is 4.66. The highest BCUT2D eigenvalue weighted by molar-refractivity contribution is 6.99. The average molecular weight is 215 g/mol. The van der Waals surface area contributed by atoms with Gasteiger partial charge in [0.1, 0.15) is 6.04 Å². The summed E-state index contributed by atoms with van der Waals surface area (Å²) in [5.41, 5.74) is 0.148. The van der Waals surface area contributed by atoms with Crippen LogP contribution in [0.25, 0.3) is 0 Å². The van der Waals surface area contributed by atoms with Crippen LogP contribution < -0.4 is 5.32 Å². The number of carbonyl (C=O) groups is 2. The highest BCUT2D eigenvalue weighted by Gasteiger charge is 2.19. The first kappa shape index (κ1) is 10.6. The van der Waals surface area contributed by atoms with Gasteiger partial charge >= 0.3 is 5.97 Å². The molecule has 0 saturated heterocycles. The highest BCUT2D eigenvalue weighted by Crippen LogP contribution is 1.98. The molecule has 0 saturated carbocycles. The molecule has 76 valence electrons. The Morgan fingerprint density at radius 3 is 2.86 bits per heavy atom. The summed E-state index contributed by atoms with van der Waals surface area (Å²) in [5, 5.41) is 11.0. The first-order valence-corrected chi connectivity index (χ1v) is 4.69. The second-order valence-electron chi connectivity index (χ2n) is 2.57. The van der Waals surface area contributed by atoms with Gasteiger partial charge in [-0.15, -0.1) is 0 Å². The third-order valence-electron chi connectivity index (χ3n) is 1.61. The van der Waals surface area contributed by atoms with Crippen molar-refractivity contribution < 1.29 is 14.7 Å². The maximum absolute atomic E-state index is 11.3. The summed E-state index contributed by atoms with van der Waals surface area (Å²) < 4.78 is 7.33. The maximum atomic E-state index is 11.3. The van der Waals surface area contributed by atoms with Crippen molar-refractivity contribution in [1.82, 2.24) is 14.1 Å². The molecule has 0 spiro atoms. The number of hydrogen-bond donors (Lipinski definition) is 2. The lowest BCUT2D eigenvalue weighted by Crippen LogP contribution is -2.40. The lowest BCUT2D eigenvalue weighted by molar-refractivity contribution is -0.139. The Morgan fingerprint density at radius 1 is 1.71 bits per heavy atom. The van der Waals surface area contributed by atoms with Gasteiger partial charge in [0.2, 0.25) is 0 Å². The molecular weight excluding hydrogens is 206 g/mol. The fourth-order valence-electron chi connectivity index (χ4n) is 0.835. The van der Waals surface area contributed by atoms with Crippen molar-refractivity contribution in [3.05, 3.63) is 11.9 Å². The summed E-state index contributed by atoms with van der Waals surface area (Å²) in [6.45, 7) is 1.68. The average Bonchev–Trinajstić information content (AvgIpc) is 2.65. The zero-order valence-electron chi connectivity index (χ0n) is 7.43. The Kier molecular flexibility index (Phi) is 3.52. The van der Waals surface area contributed by atoms with Crippen LogP contribution in [-0.2, 0) is 4.79 Å². The molecule has 0 aliphatic carbocycles. The molecule has 0 bridgehead atoms. The summed E-state index contributed by atoms with van der Waals surface area (Å²) in [6, 6.07) is -0.871. The largest absolute Gasteiger partial charge is 0.480 e. The zero-order chi connectivity index (χ0) is 10.6. The van der Waals surface area contributed by atoms with E-state index in [1.165, 1.54) is 6.20 Å². The van der Waals surface area contributed by atoms with Gasteiger partial charge in [-0.25, -0.2) is 4.79 Å². The molecule has 1 atom stereocenters. The lowest BCUT2D eigenvalue weighted by atomic mass is 10.2. The van der Waals surface area contributed by atoms with Crippen LogP contribution in [0.3, 0.4) is 0 Å². The quantitative estimate of drug-likeness (QED) is 0.744. The van der Waals surface area contributed by atoms with E-state index in [1.54, 1.807) is 6.92 Å². The summed E-state index contributed by atoms with van der Waals surface area (Å²) in [5.74, 6) is -1.56. The number of hydrogen-bond acceptors (Lipinski definition) is 5. The molecule has 2 N–H and O–H groups in total. The molecule has 1 amide bonds. The van der Waals surface area contributed by atoms with E-state index in [9.17, 15) is 9.59 Å². The number of aromatic nitrogens is 2. The van der Waals surface area contributed by atoms with Gasteiger partial charge in [0, 0.05) is 0 Å². The van der Waals surface area contributed by atoms with E-state index in [1.807, 2.05) is 0 Å². The number of carboxylic acids is 1. The Hall–Kier alpha value is -1.50. The Bertz CT molecular complexity index is 325. The van der Waals surface area contributed by atoms with Gasteiger partial charge in [-0.2, -0.15) is 8.75 Å². The van der Waals surface area contributed by atoms with Gasteiger partial charge in [0.15, 0.2) is 5.69 Å². The molecule has 1 unspecified atom stereocenters. The molecule has 0 radical (unpaired) electrons. The number of amides is 1. The molecule has 6 nitrogen and oxygen atoms in total. The van der Waals surface area contributed by atoms with Crippen LogP contribution in [0.2, 0.25) is 0 Å². The molecule has 1 aromatic rings. The number of aliphatic carboxylic acids is 1. The molecular formula is C7H9N3O3S. The summed E-state index contributed by atoms with van der Waals surface area (Å²) in [4.78, 5) is 21.9. The van der Waals surface area contributed by atoms with Crippen LogP contribution in [-0.4, -0.2) is 31.8 Å². The Labute approximate surface area is 84.3 Å². The van der Waals surface area contributed by atoms with Gasteiger partial charge in [-0.1, -0.05) is 6.92 Å². The Morgan fingerprint density at radius 2 is 2.43 bits per heavy atom. The minimum Gasteiger partial charge on any atom is -0.480 e. The third kappa shape index (κ3) is 2.49. The molecule has 0 fully saturated rings. The summed E-state index contributed by atoms with van der Waals surface area (Å²) in [7, 11) is 0. The molecule has 1 aromatic heterocycles. The molecule has 0 aliphatic heterocycles.